The van der Waals surface area contributed by atoms with Crippen LogP contribution >= 0.6 is 0 Å². The summed E-state index contributed by atoms with van der Waals surface area (Å²) in [5.41, 5.74) is 1.22. The number of rotatable bonds is 9. The lowest BCUT2D eigenvalue weighted by Crippen LogP contribution is -2.38. The number of aryl methyl sites for hydroxylation is 1. The highest BCUT2D eigenvalue weighted by Crippen LogP contribution is 2.08. The smallest absolute Gasteiger partial charge is 0.191 e. The fraction of sp³-hybridized carbons (Fsp3) is 0.444. The lowest BCUT2D eigenvalue weighted by Gasteiger charge is -2.11. The van der Waals surface area contributed by atoms with E-state index in [9.17, 15) is 0 Å². The number of benzene rings is 1. The Morgan fingerprint density at radius 3 is 2.79 bits per heavy atom. The predicted octanol–water partition coefficient (Wildman–Crippen LogP) is 1.99. The number of para-hydroxylation sites is 1. The Hall–Kier alpha value is -2.50. The molecule has 0 atom stereocenters. The van der Waals surface area contributed by atoms with E-state index in [2.05, 4.69) is 27.6 Å². The van der Waals surface area contributed by atoms with Crippen LogP contribution in [-0.2, 0) is 13.5 Å². The van der Waals surface area contributed by atoms with Gasteiger partial charge in [-0.25, -0.2) is 0 Å². The molecule has 0 radical (unpaired) electrons. The summed E-state index contributed by atoms with van der Waals surface area (Å²) in [5.74, 6) is 1.75. The number of hydrogen-bond acceptors (Lipinski definition) is 3. The van der Waals surface area contributed by atoms with E-state index >= 15 is 0 Å². The minimum Gasteiger partial charge on any atom is -0.494 e. The van der Waals surface area contributed by atoms with Crippen LogP contribution in [0.25, 0.3) is 0 Å². The van der Waals surface area contributed by atoms with Crippen LogP contribution in [0.2, 0.25) is 0 Å². The third-order valence-corrected chi connectivity index (χ3v) is 3.39. The fourth-order valence-corrected chi connectivity index (χ4v) is 2.23. The highest BCUT2D eigenvalue weighted by molar-refractivity contribution is 5.79. The first-order chi connectivity index (χ1) is 11.8. The molecule has 0 amide bonds. The van der Waals surface area contributed by atoms with Crippen molar-refractivity contribution in [2.24, 2.45) is 12.0 Å². The molecule has 0 fully saturated rings. The maximum atomic E-state index is 5.67. The van der Waals surface area contributed by atoms with Gasteiger partial charge >= 0.3 is 0 Å². The topological polar surface area (TPSA) is 63.5 Å². The molecule has 0 spiro atoms. The largest absolute Gasteiger partial charge is 0.494 e. The number of guanidine groups is 1. The summed E-state index contributed by atoms with van der Waals surface area (Å²) in [4.78, 5) is 4.57. The Balaban J connectivity index is 1.66. The first-order valence-corrected chi connectivity index (χ1v) is 8.45. The molecule has 2 N–H and O–H groups in total. The average Bonchev–Trinajstić information content (AvgIpc) is 3.01. The Bertz CT molecular complexity index is 609. The van der Waals surface area contributed by atoms with Crippen molar-refractivity contribution in [3.8, 4) is 5.75 Å². The summed E-state index contributed by atoms with van der Waals surface area (Å²) in [6, 6.07) is 9.86. The van der Waals surface area contributed by atoms with Crippen LogP contribution in [0.15, 0.2) is 47.7 Å². The molecule has 2 aromatic rings. The van der Waals surface area contributed by atoms with Crippen molar-refractivity contribution < 1.29 is 4.74 Å². The fourth-order valence-electron chi connectivity index (χ4n) is 2.23. The molecule has 1 heterocycles. The van der Waals surface area contributed by atoms with Crippen LogP contribution in [0.3, 0.4) is 0 Å². The number of aromatic nitrogens is 2. The molecule has 0 saturated heterocycles. The van der Waals surface area contributed by atoms with Crippen LogP contribution in [0.1, 0.15) is 18.9 Å². The van der Waals surface area contributed by atoms with Gasteiger partial charge in [0, 0.05) is 39.3 Å². The minimum atomic E-state index is 0.669. The second-order valence-electron chi connectivity index (χ2n) is 5.47. The molecule has 0 aliphatic carbocycles. The van der Waals surface area contributed by atoms with Gasteiger partial charge in [-0.15, -0.1) is 0 Å². The lowest BCUT2D eigenvalue weighted by molar-refractivity contribution is 0.313. The highest BCUT2D eigenvalue weighted by atomic mass is 16.5. The molecule has 130 valence electrons. The summed E-state index contributed by atoms with van der Waals surface area (Å²) in [6.07, 6.45) is 5.74. The molecule has 0 aliphatic rings. The van der Waals surface area contributed by atoms with E-state index in [1.165, 1.54) is 5.56 Å². The number of hydrogen-bond donors (Lipinski definition) is 2. The molecule has 6 nitrogen and oxygen atoms in total. The number of nitrogens with zero attached hydrogens (tertiary/aromatic N) is 3. The van der Waals surface area contributed by atoms with Crippen LogP contribution in [-0.4, -0.2) is 42.0 Å². The van der Waals surface area contributed by atoms with Gasteiger partial charge in [-0.3, -0.25) is 9.67 Å². The van der Waals surface area contributed by atoms with Crippen LogP contribution in [0.4, 0.5) is 0 Å². The van der Waals surface area contributed by atoms with Gasteiger partial charge in [-0.2, -0.15) is 5.10 Å². The number of ether oxygens (including phenoxy) is 1. The Labute approximate surface area is 143 Å². The molecule has 0 unspecified atom stereocenters. The predicted molar refractivity (Wildman–Crippen MR) is 97.4 cm³/mol. The van der Waals surface area contributed by atoms with E-state index in [1.807, 2.05) is 54.5 Å². The van der Waals surface area contributed by atoms with E-state index in [1.54, 1.807) is 0 Å². The van der Waals surface area contributed by atoms with Crippen LogP contribution < -0.4 is 15.4 Å². The molecule has 24 heavy (non-hydrogen) atoms. The van der Waals surface area contributed by atoms with Gasteiger partial charge in [-0.05, 0) is 31.0 Å². The zero-order valence-electron chi connectivity index (χ0n) is 14.5. The standard InChI is InChI=1S/C18H27N5O/c1-3-19-18(21-12-10-16-14-22-23(2)15-16)20-11-7-13-24-17-8-5-4-6-9-17/h4-6,8-9,14-15H,3,7,10-13H2,1-2H3,(H2,19,20,21). The SMILES string of the molecule is CCNC(=NCCCOc1ccccc1)NCCc1cnn(C)c1. The van der Waals surface area contributed by atoms with Gasteiger partial charge < -0.3 is 15.4 Å². The molecule has 1 aromatic carbocycles. The zero-order valence-corrected chi connectivity index (χ0v) is 14.5. The van der Waals surface area contributed by atoms with E-state index in [0.717, 1.165) is 44.2 Å². The molecule has 0 saturated carbocycles. The third kappa shape index (κ3) is 6.73. The monoisotopic (exact) mass is 329 g/mol. The van der Waals surface area contributed by atoms with Crippen molar-refractivity contribution in [3.05, 3.63) is 48.3 Å². The maximum absolute atomic E-state index is 5.67. The van der Waals surface area contributed by atoms with Gasteiger partial charge in [0.2, 0.25) is 0 Å². The summed E-state index contributed by atoms with van der Waals surface area (Å²) in [7, 11) is 1.93. The lowest BCUT2D eigenvalue weighted by atomic mass is 10.2. The van der Waals surface area contributed by atoms with Crippen LogP contribution in [0.5, 0.6) is 5.75 Å². The van der Waals surface area contributed by atoms with Gasteiger partial charge in [0.05, 0.1) is 12.8 Å². The third-order valence-electron chi connectivity index (χ3n) is 3.39. The van der Waals surface area contributed by atoms with E-state index in [0.29, 0.717) is 6.61 Å². The summed E-state index contributed by atoms with van der Waals surface area (Å²) < 4.78 is 7.49. The van der Waals surface area contributed by atoms with Crippen molar-refractivity contribution in [1.82, 2.24) is 20.4 Å². The Morgan fingerprint density at radius 1 is 1.25 bits per heavy atom. The first kappa shape index (κ1) is 17.8. The van der Waals surface area contributed by atoms with Crippen molar-refractivity contribution in [1.29, 1.82) is 0 Å². The number of aliphatic imine (C=N–C) groups is 1. The summed E-state index contributed by atoms with van der Waals surface area (Å²) in [6.45, 7) is 5.14. The summed E-state index contributed by atoms with van der Waals surface area (Å²) >= 11 is 0. The number of nitrogens with one attached hydrogen (secondary N) is 2. The first-order valence-electron chi connectivity index (χ1n) is 8.45. The quantitative estimate of drug-likeness (QED) is 0.419. The Kier molecular flexibility index (Phi) is 7.67. The van der Waals surface area contributed by atoms with Gasteiger partial charge in [0.25, 0.3) is 0 Å². The molecule has 0 aliphatic heterocycles. The van der Waals surface area contributed by atoms with Crippen molar-refractivity contribution in [2.45, 2.75) is 19.8 Å². The normalized spacial score (nSPS) is 11.3. The molecular formula is C18H27N5O. The van der Waals surface area contributed by atoms with Crippen LogP contribution in [0, 0.1) is 0 Å². The van der Waals surface area contributed by atoms with Crippen molar-refractivity contribution in [2.75, 3.05) is 26.2 Å². The van der Waals surface area contributed by atoms with E-state index < -0.39 is 0 Å². The van der Waals surface area contributed by atoms with E-state index in [4.69, 9.17) is 4.74 Å². The second-order valence-corrected chi connectivity index (χ2v) is 5.47. The van der Waals surface area contributed by atoms with E-state index in [-0.39, 0.29) is 0 Å². The minimum absolute atomic E-state index is 0.669. The molecule has 0 bridgehead atoms. The summed E-state index contributed by atoms with van der Waals surface area (Å²) in [5, 5.41) is 10.8. The molecule has 6 heteroatoms. The maximum Gasteiger partial charge on any atom is 0.191 e. The van der Waals surface area contributed by atoms with Gasteiger partial charge in [-0.1, -0.05) is 18.2 Å². The van der Waals surface area contributed by atoms with Gasteiger partial charge in [0.1, 0.15) is 5.75 Å². The second kappa shape index (κ2) is 10.3. The Morgan fingerprint density at radius 2 is 2.08 bits per heavy atom. The van der Waals surface area contributed by atoms with Crippen molar-refractivity contribution in [3.63, 3.8) is 0 Å². The highest BCUT2D eigenvalue weighted by Gasteiger charge is 1.99. The molecule has 2 rings (SSSR count). The average molecular weight is 329 g/mol. The van der Waals surface area contributed by atoms with Gasteiger partial charge in [0.15, 0.2) is 5.96 Å². The van der Waals surface area contributed by atoms with Crippen molar-refractivity contribution >= 4 is 5.96 Å². The zero-order chi connectivity index (χ0) is 17.0. The molecule has 1 aromatic heterocycles. The molecular weight excluding hydrogens is 302 g/mol.